The van der Waals surface area contributed by atoms with Crippen molar-refractivity contribution in [3.8, 4) is 6.07 Å². The second-order valence-corrected chi connectivity index (χ2v) is 16.0. The Morgan fingerprint density at radius 3 is 2.45 bits per heavy atom. The van der Waals surface area contributed by atoms with Gasteiger partial charge in [0, 0.05) is 19.0 Å². The lowest BCUT2D eigenvalue weighted by Gasteiger charge is -2.64. The van der Waals surface area contributed by atoms with E-state index in [9.17, 15) is 9.59 Å². The van der Waals surface area contributed by atoms with Gasteiger partial charge < -0.3 is 24.3 Å². The molecule has 9 heteroatoms. The number of alkyl carbamates (subject to hydrolysis) is 1. The minimum Gasteiger partial charge on any atom is -0.449 e. The van der Waals surface area contributed by atoms with Gasteiger partial charge in [-0.1, -0.05) is 71.4 Å². The van der Waals surface area contributed by atoms with Crippen LogP contribution in [0.5, 0.6) is 0 Å². The number of piperidine rings is 1. The summed E-state index contributed by atoms with van der Waals surface area (Å²) >= 11 is 0. The van der Waals surface area contributed by atoms with Gasteiger partial charge >= 0.3 is 13.2 Å². The van der Waals surface area contributed by atoms with Gasteiger partial charge in [0.1, 0.15) is 5.92 Å². The maximum absolute atomic E-state index is 13.1. The van der Waals surface area contributed by atoms with Gasteiger partial charge in [0.15, 0.2) is 0 Å². The highest BCUT2D eigenvalue weighted by molar-refractivity contribution is 6.47. The van der Waals surface area contributed by atoms with E-state index in [0.717, 1.165) is 24.8 Å². The summed E-state index contributed by atoms with van der Waals surface area (Å²) in [6.45, 7) is 20.6. The first-order valence-corrected chi connectivity index (χ1v) is 16.5. The van der Waals surface area contributed by atoms with Crippen molar-refractivity contribution in [2.75, 3.05) is 19.7 Å². The number of nitrogens with one attached hydrogen (secondary N) is 1. The molecular weight excluding hydrogens is 553 g/mol. The number of hydrogen-bond acceptors (Lipinski definition) is 6. The van der Waals surface area contributed by atoms with Crippen molar-refractivity contribution < 1.29 is 23.6 Å². The first-order chi connectivity index (χ1) is 20.5. The zero-order valence-corrected chi connectivity index (χ0v) is 28.4. The van der Waals surface area contributed by atoms with Crippen LogP contribution in [-0.4, -0.2) is 61.4 Å². The largest absolute Gasteiger partial charge is 0.482 e. The molecule has 1 aromatic rings. The van der Waals surface area contributed by atoms with Gasteiger partial charge in [-0.15, -0.1) is 0 Å². The Morgan fingerprint density at radius 2 is 1.84 bits per heavy atom. The van der Waals surface area contributed by atoms with Crippen molar-refractivity contribution in [2.45, 2.75) is 112 Å². The van der Waals surface area contributed by atoms with Gasteiger partial charge in [-0.25, -0.2) is 4.79 Å². The van der Waals surface area contributed by atoms with Gasteiger partial charge in [0.2, 0.25) is 5.91 Å². The summed E-state index contributed by atoms with van der Waals surface area (Å²) in [4.78, 5) is 27.2. The van der Waals surface area contributed by atoms with Crippen molar-refractivity contribution in [1.82, 2.24) is 10.2 Å². The molecular formula is C35H54BN3O5. The van der Waals surface area contributed by atoms with Gasteiger partial charge in [-0.2, -0.15) is 5.26 Å². The Morgan fingerprint density at radius 1 is 1.18 bits per heavy atom. The van der Waals surface area contributed by atoms with Crippen LogP contribution in [0.15, 0.2) is 24.3 Å². The molecule has 2 amide bonds. The molecule has 8 nitrogen and oxygen atoms in total. The number of rotatable bonds is 7. The summed E-state index contributed by atoms with van der Waals surface area (Å²) in [6, 6.07) is 10.3. The predicted molar refractivity (Wildman–Crippen MR) is 172 cm³/mol. The number of benzene rings is 1. The molecule has 0 spiro atoms. The van der Waals surface area contributed by atoms with Crippen LogP contribution in [0.25, 0.3) is 0 Å². The van der Waals surface area contributed by atoms with E-state index in [4.69, 9.17) is 19.3 Å². The number of likely N-dealkylation sites (tertiary alicyclic amines) is 1. The summed E-state index contributed by atoms with van der Waals surface area (Å²) in [5.74, 6) is -0.0881. The molecule has 2 bridgehead atoms. The standard InChI is InChI=1S/C30H42BN3O5.C5H12/c1-19-8-10-21(11-9-19)13-26(31-38-25-15-23-14-24(29(23,3)4)30(25,5)39-31)33-28(36)37-18-22-7-6-12-34(17-22)27(35)20(2)16-32;1-5(2,3)4/h8-11,20,22-26H,6-7,12-15,17-18H2,1-5H3,(H,33,36);1-4H3/t20?,22?,23?,24?,25-,26?,30+;/m1./s1. The predicted octanol–water partition coefficient (Wildman–Crippen LogP) is 6.35. The van der Waals surface area contributed by atoms with Crippen molar-refractivity contribution >= 4 is 19.1 Å². The van der Waals surface area contributed by atoms with Gasteiger partial charge in [0.05, 0.1) is 30.3 Å². The third kappa shape index (κ3) is 7.98. The Labute approximate surface area is 265 Å². The highest BCUT2D eigenvalue weighted by Gasteiger charge is 2.68. The molecule has 5 aliphatic rings. The molecule has 3 saturated carbocycles. The summed E-state index contributed by atoms with van der Waals surface area (Å²) < 4.78 is 18.9. The Kier molecular flexibility index (Phi) is 10.5. The molecule has 2 aliphatic heterocycles. The monoisotopic (exact) mass is 607 g/mol. The number of carbonyl (C=O) groups excluding carboxylic acids is 2. The number of carbonyl (C=O) groups is 2. The van der Waals surface area contributed by atoms with Crippen molar-refractivity contribution in [3.05, 3.63) is 35.4 Å². The van der Waals surface area contributed by atoms with E-state index >= 15 is 0 Å². The van der Waals surface area contributed by atoms with Crippen molar-refractivity contribution in [2.24, 2.45) is 34.5 Å². The molecule has 6 rings (SSSR count). The molecule has 242 valence electrons. The molecule has 5 fully saturated rings. The van der Waals surface area contributed by atoms with Crippen molar-refractivity contribution in [1.29, 1.82) is 5.26 Å². The van der Waals surface area contributed by atoms with E-state index in [1.54, 1.807) is 11.8 Å². The number of ether oxygens (including phenoxy) is 1. The van der Waals surface area contributed by atoms with E-state index in [1.807, 2.05) is 6.07 Å². The van der Waals surface area contributed by atoms with E-state index in [1.165, 1.54) is 12.0 Å². The van der Waals surface area contributed by atoms with E-state index in [0.29, 0.717) is 36.8 Å². The zero-order valence-electron chi connectivity index (χ0n) is 28.4. The minimum absolute atomic E-state index is 0.0270. The smallest absolute Gasteiger partial charge is 0.449 e. The number of aryl methyl sites for hydroxylation is 1. The summed E-state index contributed by atoms with van der Waals surface area (Å²) in [6.07, 6.45) is 3.95. The topological polar surface area (TPSA) is 101 Å². The SMILES string of the molecule is CC(C)(C)C.Cc1ccc(CC(NC(=O)OCC2CCCN(C(=O)C(C)C#N)C2)B2O[C@@H]3CC4CC(C4(C)C)[C@]3(C)O2)cc1. The normalized spacial score (nSPS) is 30.0. The van der Waals surface area contributed by atoms with Crippen LogP contribution in [0.3, 0.4) is 0 Å². The lowest BCUT2D eigenvalue weighted by molar-refractivity contribution is -0.199. The Balaban J connectivity index is 0.000000818. The number of nitriles is 1. The molecule has 2 heterocycles. The fourth-order valence-corrected chi connectivity index (χ4v) is 7.38. The number of nitrogens with zero attached hydrogens (tertiary/aromatic N) is 2. The van der Waals surface area contributed by atoms with Crippen LogP contribution in [0, 0.1) is 52.8 Å². The summed E-state index contributed by atoms with van der Waals surface area (Å²) in [7, 11) is -0.556. The molecule has 2 saturated heterocycles. The number of amides is 2. The second kappa shape index (κ2) is 13.4. The Hall–Kier alpha value is -2.57. The molecule has 3 aliphatic carbocycles. The lowest BCUT2D eigenvalue weighted by atomic mass is 9.43. The molecule has 5 unspecified atom stereocenters. The van der Waals surface area contributed by atoms with Crippen LogP contribution in [0.4, 0.5) is 4.79 Å². The molecule has 0 aromatic heterocycles. The highest BCUT2D eigenvalue weighted by atomic mass is 16.7. The molecule has 1 N–H and O–H groups in total. The third-order valence-corrected chi connectivity index (χ3v) is 10.0. The zero-order chi connectivity index (χ0) is 32.4. The second-order valence-electron chi connectivity index (χ2n) is 16.0. The van der Waals surface area contributed by atoms with E-state index < -0.39 is 25.1 Å². The van der Waals surface area contributed by atoms with Crippen LogP contribution in [-0.2, 0) is 25.3 Å². The maximum atomic E-state index is 13.1. The number of hydrogen-bond donors (Lipinski definition) is 1. The summed E-state index contributed by atoms with van der Waals surface area (Å²) in [5.41, 5.74) is 2.65. The average molecular weight is 608 g/mol. The fourth-order valence-electron chi connectivity index (χ4n) is 7.38. The quantitative estimate of drug-likeness (QED) is 0.363. The fraction of sp³-hybridized carbons (Fsp3) is 0.743. The third-order valence-electron chi connectivity index (χ3n) is 10.0. The van der Waals surface area contributed by atoms with Crippen LogP contribution >= 0.6 is 0 Å². The maximum Gasteiger partial charge on any atom is 0.482 e. The minimum atomic E-state index is -0.663. The summed E-state index contributed by atoms with van der Waals surface area (Å²) in [5, 5.41) is 12.2. The molecule has 0 radical (unpaired) electrons. The van der Waals surface area contributed by atoms with Crippen LogP contribution in [0.2, 0.25) is 0 Å². The molecule has 1 aromatic carbocycles. The van der Waals surface area contributed by atoms with Crippen LogP contribution in [0.1, 0.15) is 92.2 Å². The van der Waals surface area contributed by atoms with E-state index in [2.05, 4.69) is 85.0 Å². The first kappa shape index (κ1) is 34.3. The van der Waals surface area contributed by atoms with Gasteiger partial charge in [0.25, 0.3) is 0 Å². The molecule has 7 atom stereocenters. The van der Waals surface area contributed by atoms with E-state index in [-0.39, 0.29) is 35.6 Å². The highest BCUT2D eigenvalue weighted by Crippen LogP contribution is 2.65. The Bertz CT molecular complexity index is 1200. The van der Waals surface area contributed by atoms with Gasteiger partial charge in [-0.05, 0) is 81.1 Å². The van der Waals surface area contributed by atoms with Gasteiger partial charge in [-0.3, -0.25) is 4.79 Å². The first-order valence-electron chi connectivity index (χ1n) is 16.5. The average Bonchev–Trinajstić information content (AvgIpc) is 3.32. The van der Waals surface area contributed by atoms with Crippen LogP contribution < -0.4 is 5.32 Å². The van der Waals surface area contributed by atoms with Crippen molar-refractivity contribution in [3.63, 3.8) is 0 Å². The lowest BCUT2D eigenvalue weighted by Crippen LogP contribution is -2.65. The molecule has 44 heavy (non-hydrogen) atoms.